The van der Waals surface area contributed by atoms with Crippen molar-refractivity contribution in [3.05, 3.63) is 52.1 Å². The normalized spacial score (nSPS) is 20.5. The lowest BCUT2D eigenvalue weighted by atomic mass is 9.90. The van der Waals surface area contributed by atoms with E-state index >= 15 is 0 Å². The zero-order valence-electron chi connectivity index (χ0n) is 15.7. The first-order valence-corrected chi connectivity index (χ1v) is 9.42. The summed E-state index contributed by atoms with van der Waals surface area (Å²) in [5.74, 6) is 0.241. The average Bonchev–Trinajstić information content (AvgIpc) is 2.62. The Morgan fingerprint density at radius 2 is 1.96 bits per heavy atom. The SMILES string of the molecule is CCN(Cc1ccc(-n2ccc(N)nc2=O)cc1C)C1CCC(N)CC1. The third kappa shape index (κ3) is 4.14. The van der Waals surface area contributed by atoms with Crippen LogP contribution < -0.4 is 17.2 Å². The molecule has 1 heterocycles. The molecule has 0 aliphatic heterocycles. The monoisotopic (exact) mass is 355 g/mol. The maximum atomic E-state index is 12.0. The van der Waals surface area contributed by atoms with Gasteiger partial charge < -0.3 is 11.5 Å². The van der Waals surface area contributed by atoms with Crippen molar-refractivity contribution in [2.75, 3.05) is 12.3 Å². The first-order valence-electron chi connectivity index (χ1n) is 9.42. The van der Waals surface area contributed by atoms with Crippen LogP contribution >= 0.6 is 0 Å². The molecule has 1 fully saturated rings. The van der Waals surface area contributed by atoms with E-state index in [0.717, 1.165) is 31.6 Å². The van der Waals surface area contributed by atoms with Crippen LogP contribution in [0.4, 0.5) is 5.82 Å². The van der Waals surface area contributed by atoms with E-state index in [-0.39, 0.29) is 11.5 Å². The van der Waals surface area contributed by atoms with Gasteiger partial charge in [-0.25, -0.2) is 4.79 Å². The van der Waals surface area contributed by atoms with Crippen molar-refractivity contribution in [1.82, 2.24) is 14.5 Å². The topological polar surface area (TPSA) is 90.2 Å². The third-order valence-electron chi connectivity index (χ3n) is 5.47. The minimum Gasteiger partial charge on any atom is -0.383 e. The zero-order valence-corrected chi connectivity index (χ0v) is 15.7. The van der Waals surface area contributed by atoms with Gasteiger partial charge in [0.2, 0.25) is 0 Å². The summed E-state index contributed by atoms with van der Waals surface area (Å²) in [5.41, 5.74) is 14.6. The molecule has 1 aromatic heterocycles. The fourth-order valence-corrected chi connectivity index (χ4v) is 3.80. The van der Waals surface area contributed by atoms with Gasteiger partial charge in [-0.05, 0) is 68.5 Å². The second kappa shape index (κ2) is 8.01. The molecule has 0 spiro atoms. The van der Waals surface area contributed by atoms with Crippen LogP contribution in [0, 0.1) is 6.92 Å². The molecule has 3 rings (SSSR count). The Bertz CT molecular complexity index is 808. The lowest BCUT2D eigenvalue weighted by Crippen LogP contribution is -2.40. The molecular weight excluding hydrogens is 326 g/mol. The highest BCUT2D eigenvalue weighted by molar-refractivity contribution is 5.41. The Hall–Kier alpha value is -2.18. The number of aryl methyl sites for hydroxylation is 1. The van der Waals surface area contributed by atoms with E-state index < -0.39 is 0 Å². The van der Waals surface area contributed by atoms with E-state index in [1.165, 1.54) is 28.5 Å². The van der Waals surface area contributed by atoms with Crippen molar-refractivity contribution in [3.8, 4) is 5.69 Å². The molecule has 0 unspecified atom stereocenters. The maximum absolute atomic E-state index is 12.0. The minimum absolute atomic E-state index is 0.241. The molecule has 1 aromatic carbocycles. The fraction of sp³-hybridized carbons (Fsp3) is 0.500. The largest absolute Gasteiger partial charge is 0.383 e. The first-order chi connectivity index (χ1) is 12.5. The predicted molar refractivity (Wildman–Crippen MR) is 105 cm³/mol. The van der Waals surface area contributed by atoms with Crippen LogP contribution in [0.5, 0.6) is 0 Å². The smallest absolute Gasteiger partial charge is 0.354 e. The highest BCUT2D eigenvalue weighted by atomic mass is 16.1. The van der Waals surface area contributed by atoms with Crippen molar-refractivity contribution < 1.29 is 0 Å². The summed E-state index contributed by atoms with van der Waals surface area (Å²) in [5, 5.41) is 0. The molecule has 0 bridgehead atoms. The van der Waals surface area contributed by atoms with Gasteiger partial charge in [-0.15, -0.1) is 0 Å². The number of hydrogen-bond acceptors (Lipinski definition) is 5. The summed E-state index contributed by atoms with van der Waals surface area (Å²) in [7, 11) is 0. The van der Waals surface area contributed by atoms with E-state index in [1.54, 1.807) is 12.3 Å². The summed E-state index contributed by atoms with van der Waals surface area (Å²) in [6.07, 6.45) is 6.26. The van der Waals surface area contributed by atoms with Gasteiger partial charge in [-0.3, -0.25) is 9.47 Å². The van der Waals surface area contributed by atoms with E-state index in [4.69, 9.17) is 11.5 Å². The Labute approximate surface area is 154 Å². The van der Waals surface area contributed by atoms with Crippen LogP contribution in [-0.2, 0) is 6.54 Å². The van der Waals surface area contributed by atoms with Gasteiger partial charge in [-0.1, -0.05) is 13.0 Å². The van der Waals surface area contributed by atoms with Gasteiger partial charge in [0.25, 0.3) is 0 Å². The Balaban J connectivity index is 1.77. The summed E-state index contributed by atoms with van der Waals surface area (Å²) in [6.45, 7) is 6.27. The molecule has 0 radical (unpaired) electrons. The van der Waals surface area contributed by atoms with Gasteiger partial charge in [0.05, 0.1) is 5.69 Å². The van der Waals surface area contributed by atoms with Crippen LogP contribution in [0.1, 0.15) is 43.7 Å². The number of nitrogens with zero attached hydrogens (tertiary/aromatic N) is 3. The molecule has 1 aliphatic rings. The maximum Gasteiger partial charge on any atom is 0.354 e. The number of anilines is 1. The lowest BCUT2D eigenvalue weighted by molar-refractivity contribution is 0.149. The highest BCUT2D eigenvalue weighted by Gasteiger charge is 2.23. The average molecular weight is 355 g/mol. The second-order valence-corrected chi connectivity index (χ2v) is 7.25. The lowest BCUT2D eigenvalue weighted by Gasteiger charge is -2.35. The molecule has 4 N–H and O–H groups in total. The molecule has 6 nitrogen and oxygen atoms in total. The Morgan fingerprint density at radius 3 is 2.58 bits per heavy atom. The van der Waals surface area contributed by atoms with Crippen molar-refractivity contribution in [3.63, 3.8) is 0 Å². The minimum atomic E-state index is -0.356. The Morgan fingerprint density at radius 1 is 1.23 bits per heavy atom. The molecule has 26 heavy (non-hydrogen) atoms. The Kier molecular flexibility index (Phi) is 5.74. The molecule has 2 aromatic rings. The van der Waals surface area contributed by atoms with E-state index in [9.17, 15) is 4.79 Å². The fourth-order valence-electron chi connectivity index (χ4n) is 3.80. The van der Waals surface area contributed by atoms with Crippen LogP contribution in [-0.4, -0.2) is 33.1 Å². The van der Waals surface area contributed by atoms with Crippen LogP contribution in [0.25, 0.3) is 5.69 Å². The molecular formula is C20H29N5O. The van der Waals surface area contributed by atoms with Crippen LogP contribution in [0.15, 0.2) is 35.3 Å². The van der Waals surface area contributed by atoms with Gasteiger partial charge in [0.15, 0.2) is 0 Å². The summed E-state index contributed by atoms with van der Waals surface area (Å²) < 4.78 is 1.52. The van der Waals surface area contributed by atoms with Crippen molar-refractivity contribution in [2.24, 2.45) is 5.73 Å². The van der Waals surface area contributed by atoms with Crippen molar-refractivity contribution in [1.29, 1.82) is 0 Å². The first kappa shape index (κ1) is 18.6. The zero-order chi connectivity index (χ0) is 18.7. The van der Waals surface area contributed by atoms with E-state index in [0.29, 0.717) is 12.1 Å². The summed E-state index contributed by atoms with van der Waals surface area (Å²) in [6, 6.07) is 8.76. The van der Waals surface area contributed by atoms with Crippen LogP contribution in [0.2, 0.25) is 0 Å². The number of nitrogens with two attached hydrogens (primary N) is 2. The number of benzene rings is 1. The van der Waals surface area contributed by atoms with E-state index in [2.05, 4.69) is 29.8 Å². The van der Waals surface area contributed by atoms with Gasteiger partial charge >= 0.3 is 5.69 Å². The molecule has 1 aliphatic carbocycles. The quantitative estimate of drug-likeness (QED) is 0.858. The van der Waals surface area contributed by atoms with Gasteiger partial charge in [0, 0.05) is 24.8 Å². The van der Waals surface area contributed by atoms with Gasteiger partial charge in [-0.2, -0.15) is 4.98 Å². The molecule has 140 valence electrons. The summed E-state index contributed by atoms with van der Waals surface area (Å²) >= 11 is 0. The molecule has 1 saturated carbocycles. The number of aromatic nitrogens is 2. The van der Waals surface area contributed by atoms with Crippen LogP contribution in [0.3, 0.4) is 0 Å². The van der Waals surface area contributed by atoms with Crippen molar-refractivity contribution >= 4 is 5.82 Å². The number of rotatable bonds is 5. The van der Waals surface area contributed by atoms with Gasteiger partial charge in [0.1, 0.15) is 5.82 Å². The standard InChI is InChI=1S/C20H29N5O/c1-3-24(17-8-5-16(21)6-9-17)13-15-4-7-18(12-14(15)2)25-11-10-19(22)23-20(25)26/h4,7,10-12,16-17H,3,5-6,8-9,13,21H2,1-2H3,(H2,22,23,26). The highest BCUT2D eigenvalue weighted by Crippen LogP contribution is 2.24. The molecule has 0 amide bonds. The molecule has 6 heteroatoms. The van der Waals surface area contributed by atoms with E-state index in [1.807, 2.05) is 12.1 Å². The molecule has 0 atom stereocenters. The number of hydrogen-bond donors (Lipinski definition) is 2. The predicted octanol–water partition coefficient (Wildman–Crippen LogP) is 2.21. The molecule has 0 saturated heterocycles. The van der Waals surface area contributed by atoms with Crippen molar-refractivity contribution in [2.45, 2.75) is 58.2 Å². The second-order valence-electron chi connectivity index (χ2n) is 7.25. The number of nitrogen functional groups attached to an aromatic ring is 1. The summed E-state index contributed by atoms with van der Waals surface area (Å²) in [4.78, 5) is 18.4. The third-order valence-corrected chi connectivity index (χ3v) is 5.47.